The van der Waals surface area contributed by atoms with E-state index in [0.717, 1.165) is 17.1 Å². The molecule has 10 heavy (non-hydrogen) atoms. The lowest BCUT2D eigenvalue weighted by molar-refractivity contribution is 0.121. The van der Waals surface area contributed by atoms with Gasteiger partial charge >= 0.3 is 0 Å². The summed E-state index contributed by atoms with van der Waals surface area (Å²) >= 11 is 0. The molecule has 5 heteroatoms. The Bertz CT molecular complexity index is 208. The van der Waals surface area contributed by atoms with Crippen molar-refractivity contribution >= 4 is 0 Å². The highest BCUT2D eigenvalue weighted by atomic mass is 19.3. The molecule has 0 fully saturated rings. The van der Waals surface area contributed by atoms with Gasteiger partial charge in [-0.25, -0.2) is 13.2 Å². The Balaban J connectivity index is 2.58. The van der Waals surface area contributed by atoms with Crippen molar-refractivity contribution in [2.24, 2.45) is 0 Å². The van der Waals surface area contributed by atoms with E-state index < -0.39 is 18.8 Å². The Kier molecular flexibility index (Phi) is 1.94. The van der Waals surface area contributed by atoms with Crippen LogP contribution in [0.2, 0.25) is 0 Å². The highest BCUT2D eigenvalue weighted by Crippen LogP contribution is 1.99. The molecule has 0 aromatic carbocycles. The lowest BCUT2D eigenvalue weighted by atomic mass is 10.6. The third-order valence-corrected chi connectivity index (χ3v) is 0.927. The molecule has 0 aliphatic heterocycles. The van der Waals surface area contributed by atoms with Crippen LogP contribution in [-0.4, -0.2) is 16.2 Å². The molecule has 1 aromatic rings. The summed E-state index contributed by atoms with van der Waals surface area (Å²) in [6.45, 7) is -0.552. The molecule has 0 amide bonds. The summed E-state index contributed by atoms with van der Waals surface area (Å²) in [5.41, 5.74) is 0. The molecule has 1 rings (SSSR count). The molecule has 1 heterocycles. The number of nitrogens with zero attached hydrogens (tertiary/aromatic N) is 2. The Morgan fingerprint density at radius 1 is 1.60 bits per heavy atom. The van der Waals surface area contributed by atoms with Crippen LogP contribution >= 0.6 is 0 Å². The molecular weight excluding hydrogens is 145 g/mol. The summed E-state index contributed by atoms with van der Waals surface area (Å²) in [4.78, 5) is 0. The number of hydrogen-bond donors (Lipinski definition) is 0. The smallest absolute Gasteiger partial charge is 0.257 e. The van der Waals surface area contributed by atoms with Crippen LogP contribution in [0.3, 0.4) is 0 Å². The van der Waals surface area contributed by atoms with Crippen LogP contribution in [-0.2, 0) is 6.54 Å². The van der Waals surface area contributed by atoms with E-state index in [-0.39, 0.29) is 0 Å². The van der Waals surface area contributed by atoms with Gasteiger partial charge in [-0.1, -0.05) is 0 Å². The third kappa shape index (κ3) is 1.75. The van der Waals surface area contributed by atoms with Gasteiger partial charge in [-0.3, -0.25) is 4.68 Å². The Morgan fingerprint density at radius 2 is 2.30 bits per heavy atom. The van der Waals surface area contributed by atoms with E-state index in [1.807, 2.05) is 0 Å². The second kappa shape index (κ2) is 2.72. The minimum absolute atomic E-state index is 0.552. The van der Waals surface area contributed by atoms with Crippen molar-refractivity contribution in [3.05, 3.63) is 18.2 Å². The molecule has 0 radical (unpaired) electrons. The van der Waals surface area contributed by atoms with Crippen molar-refractivity contribution in [3.8, 4) is 0 Å². The second-order valence-corrected chi connectivity index (χ2v) is 1.77. The Hall–Kier alpha value is -1.00. The molecule has 0 aliphatic rings. The summed E-state index contributed by atoms with van der Waals surface area (Å²) in [6.07, 6.45) is -0.673. The molecule has 0 atom stereocenters. The standard InChI is InChI=1S/C5H5F3N2/c6-4-1-9-10(2-4)3-5(7)8/h1-2,5H,3H2. The maximum absolute atomic E-state index is 12.0. The van der Waals surface area contributed by atoms with E-state index in [9.17, 15) is 13.2 Å². The summed E-state index contributed by atoms with van der Waals surface area (Å²) in [5.74, 6) is -0.597. The van der Waals surface area contributed by atoms with E-state index in [0.29, 0.717) is 0 Å². The van der Waals surface area contributed by atoms with Crippen molar-refractivity contribution in [1.82, 2.24) is 9.78 Å². The van der Waals surface area contributed by atoms with Gasteiger partial charge in [0.1, 0.15) is 6.54 Å². The number of hydrogen-bond acceptors (Lipinski definition) is 1. The highest BCUT2D eigenvalue weighted by molar-refractivity contribution is 4.83. The van der Waals surface area contributed by atoms with E-state index >= 15 is 0 Å². The summed E-state index contributed by atoms with van der Waals surface area (Å²) < 4.78 is 36.0. The predicted molar refractivity (Wildman–Crippen MR) is 28.2 cm³/mol. The summed E-state index contributed by atoms with van der Waals surface area (Å²) in [5, 5.41) is 3.32. The zero-order valence-corrected chi connectivity index (χ0v) is 4.97. The van der Waals surface area contributed by atoms with Gasteiger partial charge in [-0.15, -0.1) is 0 Å². The van der Waals surface area contributed by atoms with Crippen LogP contribution in [0.15, 0.2) is 12.4 Å². The van der Waals surface area contributed by atoms with Crippen molar-refractivity contribution in [3.63, 3.8) is 0 Å². The molecule has 2 nitrogen and oxygen atoms in total. The molecule has 0 unspecified atom stereocenters. The van der Waals surface area contributed by atoms with Gasteiger partial charge < -0.3 is 0 Å². The van der Waals surface area contributed by atoms with Gasteiger partial charge in [0.05, 0.1) is 12.4 Å². The van der Waals surface area contributed by atoms with Gasteiger partial charge in [0.2, 0.25) is 0 Å². The van der Waals surface area contributed by atoms with Crippen LogP contribution in [0, 0.1) is 5.82 Å². The van der Waals surface area contributed by atoms with Gasteiger partial charge in [0.25, 0.3) is 6.43 Å². The minimum Gasteiger partial charge on any atom is -0.264 e. The fourth-order valence-corrected chi connectivity index (χ4v) is 0.580. The quantitative estimate of drug-likeness (QED) is 0.621. The van der Waals surface area contributed by atoms with E-state index in [4.69, 9.17) is 0 Å². The lowest BCUT2D eigenvalue weighted by Crippen LogP contribution is -2.06. The van der Waals surface area contributed by atoms with E-state index in [2.05, 4.69) is 5.10 Å². The zero-order chi connectivity index (χ0) is 7.56. The SMILES string of the molecule is Fc1cnn(CC(F)F)c1. The first-order valence-electron chi connectivity index (χ1n) is 2.64. The van der Waals surface area contributed by atoms with Gasteiger partial charge in [-0.2, -0.15) is 5.10 Å². The molecule has 0 N–H and O–H groups in total. The molecular formula is C5H5F3N2. The predicted octanol–water partition coefficient (Wildman–Crippen LogP) is 1.29. The molecule has 0 saturated heterocycles. The molecule has 0 aliphatic carbocycles. The number of rotatable bonds is 2. The molecule has 0 saturated carbocycles. The first kappa shape index (κ1) is 7.11. The van der Waals surface area contributed by atoms with Crippen LogP contribution in [0.25, 0.3) is 0 Å². The third-order valence-electron chi connectivity index (χ3n) is 0.927. The minimum atomic E-state index is -2.49. The lowest BCUT2D eigenvalue weighted by Gasteiger charge is -1.96. The van der Waals surface area contributed by atoms with Gasteiger partial charge in [0.15, 0.2) is 5.82 Å². The van der Waals surface area contributed by atoms with Crippen molar-refractivity contribution in [2.75, 3.05) is 0 Å². The second-order valence-electron chi connectivity index (χ2n) is 1.77. The van der Waals surface area contributed by atoms with E-state index in [1.165, 1.54) is 0 Å². The first-order valence-corrected chi connectivity index (χ1v) is 2.64. The monoisotopic (exact) mass is 150 g/mol. The Morgan fingerprint density at radius 3 is 2.70 bits per heavy atom. The number of aromatic nitrogens is 2. The number of alkyl halides is 2. The summed E-state index contributed by atoms with van der Waals surface area (Å²) in [6, 6.07) is 0. The number of halogens is 3. The first-order chi connectivity index (χ1) is 4.68. The average molecular weight is 150 g/mol. The zero-order valence-electron chi connectivity index (χ0n) is 4.97. The van der Waals surface area contributed by atoms with Crippen LogP contribution in [0.4, 0.5) is 13.2 Å². The maximum atomic E-state index is 12.0. The molecule has 1 aromatic heterocycles. The Labute approximate surface area is 55.3 Å². The fraction of sp³-hybridized carbons (Fsp3) is 0.400. The molecule has 0 bridgehead atoms. The van der Waals surface area contributed by atoms with Crippen LogP contribution in [0.5, 0.6) is 0 Å². The van der Waals surface area contributed by atoms with Crippen molar-refractivity contribution in [1.29, 1.82) is 0 Å². The maximum Gasteiger partial charge on any atom is 0.257 e. The van der Waals surface area contributed by atoms with Crippen LogP contribution in [0.1, 0.15) is 0 Å². The molecule has 0 spiro atoms. The topological polar surface area (TPSA) is 17.8 Å². The average Bonchev–Trinajstić information content (AvgIpc) is 2.13. The van der Waals surface area contributed by atoms with Gasteiger partial charge in [0, 0.05) is 0 Å². The van der Waals surface area contributed by atoms with Crippen molar-refractivity contribution in [2.45, 2.75) is 13.0 Å². The largest absolute Gasteiger partial charge is 0.264 e. The van der Waals surface area contributed by atoms with E-state index in [1.54, 1.807) is 0 Å². The van der Waals surface area contributed by atoms with Crippen molar-refractivity contribution < 1.29 is 13.2 Å². The van der Waals surface area contributed by atoms with Crippen LogP contribution < -0.4 is 0 Å². The normalized spacial score (nSPS) is 10.8. The molecule has 56 valence electrons. The highest BCUT2D eigenvalue weighted by Gasteiger charge is 2.04. The van der Waals surface area contributed by atoms with Gasteiger partial charge in [-0.05, 0) is 0 Å². The summed E-state index contributed by atoms with van der Waals surface area (Å²) in [7, 11) is 0. The fourth-order valence-electron chi connectivity index (χ4n) is 0.580.